The second-order valence-electron chi connectivity index (χ2n) is 2.47. The van der Waals surface area contributed by atoms with Crippen LogP contribution in [0.3, 0.4) is 0 Å². The van der Waals surface area contributed by atoms with Gasteiger partial charge in [0, 0.05) is 12.8 Å². The summed E-state index contributed by atoms with van der Waals surface area (Å²) in [6.07, 6.45) is -0.435. The van der Waals surface area contributed by atoms with Crippen LogP contribution >= 0.6 is 24.0 Å². The zero-order chi connectivity index (χ0) is 7.78. The third kappa shape index (κ3) is 3.17. The molecule has 0 heterocycles. The Labute approximate surface area is 80.2 Å². The molecule has 0 atom stereocenters. The first-order chi connectivity index (χ1) is 4.49. The molecule has 0 spiro atoms. The number of hydrogen-bond acceptors (Lipinski definition) is 1. The van der Waals surface area contributed by atoms with Crippen LogP contribution in [0.2, 0.25) is 0 Å². The zero-order valence-corrected chi connectivity index (χ0v) is 8.09. The summed E-state index contributed by atoms with van der Waals surface area (Å²) in [4.78, 5) is 3.57. The lowest BCUT2D eigenvalue weighted by Gasteiger charge is -2.31. The Balaban J connectivity index is 0.000001000. The van der Waals surface area contributed by atoms with Crippen molar-refractivity contribution in [2.45, 2.75) is 24.8 Å². The molecule has 3 nitrogen and oxygen atoms in total. The highest BCUT2D eigenvalue weighted by atomic mass is 127. The molecule has 11 heavy (non-hydrogen) atoms. The fraction of sp³-hybridized carbons (Fsp3) is 0.800. The van der Waals surface area contributed by atoms with Crippen LogP contribution in [0.1, 0.15) is 12.8 Å². The number of nitrogens with zero attached hydrogens (tertiary/aromatic N) is 1. The van der Waals surface area contributed by atoms with E-state index < -0.39 is 5.92 Å². The van der Waals surface area contributed by atoms with Gasteiger partial charge in [0.2, 0.25) is 0 Å². The molecule has 1 rings (SSSR count). The Hall–Kier alpha value is -0.140. The first-order valence-electron chi connectivity index (χ1n) is 2.96. The Kier molecular flexibility index (Phi) is 3.46. The van der Waals surface area contributed by atoms with E-state index >= 15 is 0 Å². The van der Waals surface area contributed by atoms with E-state index in [-0.39, 0.29) is 48.8 Å². The van der Waals surface area contributed by atoms with E-state index in [2.05, 4.69) is 4.99 Å². The molecule has 0 aromatic carbocycles. The van der Waals surface area contributed by atoms with Crippen molar-refractivity contribution in [3.05, 3.63) is 0 Å². The Morgan fingerprint density at radius 3 is 2.09 bits per heavy atom. The normalized spacial score (nSPS) is 21.3. The minimum atomic E-state index is -2.54. The maximum absolute atomic E-state index is 12.1. The van der Waals surface area contributed by atoms with Crippen LogP contribution in [-0.2, 0) is 0 Å². The number of rotatable bonds is 1. The van der Waals surface area contributed by atoms with Gasteiger partial charge in [-0.05, 0) is 0 Å². The highest BCUT2D eigenvalue weighted by molar-refractivity contribution is 14.0. The smallest absolute Gasteiger partial charge is 0.252 e. The van der Waals surface area contributed by atoms with E-state index in [1.807, 2.05) is 0 Å². The van der Waals surface area contributed by atoms with Gasteiger partial charge in [-0.1, -0.05) is 0 Å². The fourth-order valence-electron chi connectivity index (χ4n) is 0.932. The Morgan fingerprint density at radius 1 is 1.36 bits per heavy atom. The van der Waals surface area contributed by atoms with Crippen molar-refractivity contribution in [1.29, 1.82) is 0 Å². The maximum atomic E-state index is 12.1. The summed E-state index contributed by atoms with van der Waals surface area (Å²) in [5, 5.41) is 0. The summed E-state index contributed by atoms with van der Waals surface area (Å²) in [6.45, 7) is 0. The first-order valence-corrected chi connectivity index (χ1v) is 2.96. The van der Waals surface area contributed by atoms with E-state index in [0.29, 0.717) is 0 Å². The fourth-order valence-corrected chi connectivity index (χ4v) is 0.932. The third-order valence-corrected chi connectivity index (χ3v) is 1.40. The standard InChI is InChI=1S/C5H9F2N3.HI/c6-5(7)1-3(2-5)10-4(8)9;/h3H,1-2H2,(H4,8,9,10);1H. The van der Waals surface area contributed by atoms with Crippen LogP contribution in [0, 0.1) is 0 Å². The maximum Gasteiger partial charge on any atom is 0.252 e. The molecule has 0 radical (unpaired) electrons. The summed E-state index contributed by atoms with van der Waals surface area (Å²) in [5.41, 5.74) is 9.95. The van der Waals surface area contributed by atoms with Gasteiger partial charge in [0.05, 0.1) is 6.04 Å². The summed E-state index contributed by atoms with van der Waals surface area (Å²) in [7, 11) is 0. The molecular weight excluding hydrogens is 267 g/mol. The molecule has 0 aliphatic heterocycles. The van der Waals surface area contributed by atoms with Crippen molar-refractivity contribution in [3.8, 4) is 0 Å². The lowest BCUT2D eigenvalue weighted by Crippen LogP contribution is -2.40. The van der Waals surface area contributed by atoms with Crippen LogP contribution in [0.4, 0.5) is 8.78 Å². The molecule has 0 aromatic heterocycles. The average molecular weight is 277 g/mol. The second kappa shape index (κ2) is 3.51. The van der Waals surface area contributed by atoms with Crippen molar-refractivity contribution < 1.29 is 8.78 Å². The zero-order valence-electron chi connectivity index (χ0n) is 5.76. The predicted molar refractivity (Wildman–Crippen MR) is 49.2 cm³/mol. The van der Waals surface area contributed by atoms with Gasteiger partial charge in [0.1, 0.15) is 0 Å². The van der Waals surface area contributed by atoms with Crippen LogP contribution in [0.25, 0.3) is 0 Å². The molecule has 0 saturated heterocycles. The monoisotopic (exact) mass is 277 g/mol. The largest absolute Gasteiger partial charge is 0.370 e. The molecule has 6 heteroatoms. The number of alkyl halides is 2. The highest BCUT2D eigenvalue weighted by Crippen LogP contribution is 2.39. The lowest BCUT2D eigenvalue weighted by atomic mass is 9.89. The minimum absolute atomic E-state index is 0. The SMILES string of the molecule is I.NC(N)=NC1CC(F)(F)C1. The third-order valence-electron chi connectivity index (χ3n) is 1.40. The van der Waals surface area contributed by atoms with Crippen LogP contribution in [0.5, 0.6) is 0 Å². The molecule has 1 aliphatic rings. The van der Waals surface area contributed by atoms with Crippen molar-refractivity contribution in [2.75, 3.05) is 0 Å². The molecule has 4 N–H and O–H groups in total. The van der Waals surface area contributed by atoms with E-state index in [0.717, 1.165) is 0 Å². The van der Waals surface area contributed by atoms with Crippen LogP contribution in [-0.4, -0.2) is 17.9 Å². The molecule has 66 valence electrons. The van der Waals surface area contributed by atoms with Gasteiger partial charge in [-0.2, -0.15) is 0 Å². The summed E-state index contributed by atoms with van der Waals surface area (Å²) in [6, 6.07) is -0.361. The van der Waals surface area contributed by atoms with Gasteiger partial charge in [0.25, 0.3) is 5.92 Å². The number of nitrogens with two attached hydrogens (primary N) is 2. The van der Waals surface area contributed by atoms with Crippen LogP contribution in [0.15, 0.2) is 4.99 Å². The molecular formula is C5H10F2IN3. The second-order valence-corrected chi connectivity index (χ2v) is 2.47. The van der Waals surface area contributed by atoms with E-state index in [1.54, 1.807) is 0 Å². The van der Waals surface area contributed by atoms with Gasteiger partial charge in [-0.15, -0.1) is 24.0 Å². The van der Waals surface area contributed by atoms with Gasteiger partial charge in [-0.25, -0.2) is 13.8 Å². The van der Waals surface area contributed by atoms with Crippen LogP contribution < -0.4 is 11.5 Å². The lowest BCUT2D eigenvalue weighted by molar-refractivity contribution is -0.0834. The Morgan fingerprint density at radius 2 is 1.82 bits per heavy atom. The van der Waals surface area contributed by atoms with Gasteiger partial charge >= 0.3 is 0 Å². The summed E-state index contributed by atoms with van der Waals surface area (Å²) in [5.74, 6) is -2.65. The number of guanidine groups is 1. The van der Waals surface area contributed by atoms with Crippen molar-refractivity contribution in [2.24, 2.45) is 16.5 Å². The van der Waals surface area contributed by atoms with Crippen molar-refractivity contribution >= 4 is 29.9 Å². The number of aliphatic imine (C=N–C) groups is 1. The number of halogens is 3. The topological polar surface area (TPSA) is 64.4 Å². The quantitative estimate of drug-likeness (QED) is 0.420. The summed E-state index contributed by atoms with van der Waals surface area (Å²) < 4.78 is 24.2. The van der Waals surface area contributed by atoms with E-state index in [4.69, 9.17) is 11.5 Å². The molecule has 1 fully saturated rings. The molecule has 0 amide bonds. The molecule has 1 saturated carbocycles. The van der Waals surface area contributed by atoms with E-state index in [1.165, 1.54) is 0 Å². The summed E-state index contributed by atoms with van der Waals surface area (Å²) >= 11 is 0. The molecule has 1 aliphatic carbocycles. The van der Waals surface area contributed by atoms with Crippen molar-refractivity contribution in [3.63, 3.8) is 0 Å². The molecule has 0 bridgehead atoms. The highest BCUT2D eigenvalue weighted by Gasteiger charge is 2.45. The van der Waals surface area contributed by atoms with Gasteiger partial charge < -0.3 is 11.5 Å². The minimum Gasteiger partial charge on any atom is -0.370 e. The molecule has 0 aromatic rings. The Bertz CT molecular complexity index is 159. The predicted octanol–water partition coefficient (Wildman–Crippen LogP) is 0.676. The average Bonchev–Trinajstić information content (AvgIpc) is 1.57. The van der Waals surface area contributed by atoms with Crippen molar-refractivity contribution in [1.82, 2.24) is 0 Å². The van der Waals surface area contributed by atoms with Gasteiger partial charge in [-0.3, -0.25) is 0 Å². The molecule has 0 unspecified atom stereocenters. The van der Waals surface area contributed by atoms with E-state index in [9.17, 15) is 8.78 Å². The first kappa shape index (κ1) is 10.9. The van der Waals surface area contributed by atoms with Gasteiger partial charge in [0.15, 0.2) is 5.96 Å². The number of hydrogen-bond donors (Lipinski definition) is 2.